The molecule has 0 saturated carbocycles. The lowest BCUT2D eigenvalue weighted by Gasteiger charge is -2.28. The van der Waals surface area contributed by atoms with Crippen LogP contribution in [-0.4, -0.2) is 70.0 Å². The van der Waals surface area contributed by atoms with Gasteiger partial charge in [0.1, 0.15) is 19.8 Å². The third kappa shape index (κ3) is 52.4. The van der Waals surface area contributed by atoms with Crippen LogP contribution >= 0.6 is 7.82 Å². The third-order valence-electron chi connectivity index (χ3n) is 13.1. The van der Waals surface area contributed by atoms with E-state index in [-0.39, 0.29) is 32.0 Å². The molecule has 0 spiro atoms. The molecule has 2 atom stereocenters. The van der Waals surface area contributed by atoms with E-state index < -0.39 is 26.5 Å². The summed E-state index contributed by atoms with van der Waals surface area (Å²) >= 11 is 0. The number of carbonyl (C=O) groups is 2. The molecule has 0 heterocycles. The number of quaternary nitrogens is 1. The fourth-order valence-electron chi connectivity index (χ4n) is 8.66. The van der Waals surface area contributed by atoms with E-state index in [0.29, 0.717) is 17.4 Å². The Morgan fingerprint density at radius 3 is 0.970 bits per heavy atom. The smallest absolute Gasteiger partial charge is 0.306 e. The van der Waals surface area contributed by atoms with Gasteiger partial charge in [-0.3, -0.25) is 14.2 Å². The summed E-state index contributed by atoms with van der Waals surface area (Å²) in [4.78, 5) is 37.8. The third-order valence-corrected chi connectivity index (χ3v) is 14.1. The Morgan fingerprint density at radius 2 is 0.682 bits per heavy atom. The minimum absolute atomic E-state index is 0.0251. The number of ether oxygens (including phenoxy) is 2. The zero-order valence-electron chi connectivity index (χ0n) is 44.7. The first-order chi connectivity index (χ1) is 32.0. The van der Waals surface area contributed by atoms with Crippen molar-refractivity contribution in [3.05, 3.63) is 0 Å². The summed E-state index contributed by atoms with van der Waals surface area (Å²) in [7, 11) is 1.19. The highest BCUT2D eigenvalue weighted by Crippen LogP contribution is 2.38. The van der Waals surface area contributed by atoms with E-state index in [2.05, 4.69) is 13.8 Å². The molecule has 0 rings (SSSR count). The molecule has 0 amide bonds. The summed E-state index contributed by atoms with van der Waals surface area (Å²) in [6, 6.07) is 0. The molecular formula is C56H112NO8P. The van der Waals surface area contributed by atoms with Crippen molar-refractivity contribution >= 4 is 19.8 Å². The second-order valence-corrected chi connectivity index (χ2v) is 22.4. The van der Waals surface area contributed by atoms with E-state index in [1.807, 2.05) is 21.1 Å². The van der Waals surface area contributed by atoms with E-state index in [0.717, 1.165) is 32.1 Å². The van der Waals surface area contributed by atoms with Gasteiger partial charge in [0.15, 0.2) is 6.10 Å². The van der Waals surface area contributed by atoms with Crippen LogP contribution in [0.3, 0.4) is 0 Å². The van der Waals surface area contributed by atoms with Crippen LogP contribution in [0.4, 0.5) is 0 Å². The molecule has 0 radical (unpaired) electrons. The Morgan fingerprint density at radius 1 is 0.409 bits per heavy atom. The van der Waals surface area contributed by atoms with Crippen molar-refractivity contribution in [2.24, 2.45) is 0 Å². The van der Waals surface area contributed by atoms with Crippen molar-refractivity contribution in [1.29, 1.82) is 0 Å². The number of nitrogens with zero attached hydrogens (tertiary/aromatic N) is 1. The summed E-state index contributed by atoms with van der Waals surface area (Å²) in [5.41, 5.74) is 0. The summed E-state index contributed by atoms with van der Waals surface area (Å²) in [5.74, 6) is -0.809. The molecule has 394 valence electrons. The lowest BCUT2D eigenvalue weighted by Crippen LogP contribution is -2.37. The fourth-order valence-corrected chi connectivity index (χ4v) is 9.39. The highest BCUT2D eigenvalue weighted by Gasteiger charge is 2.22. The quantitative estimate of drug-likeness (QED) is 0.0256. The van der Waals surface area contributed by atoms with E-state index in [4.69, 9.17) is 18.5 Å². The fraction of sp³-hybridized carbons (Fsp3) is 0.964. The van der Waals surface area contributed by atoms with Crippen molar-refractivity contribution in [3.63, 3.8) is 0 Å². The van der Waals surface area contributed by atoms with Gasteiger partial charge in [-0.05, 0) is 12.8 Å². The Balaban J connectivity index is 4.11. The Bertz CT molecular complexity index is 1080. The molecule has 0 aromatic rings. The van der Waals surface area contributed by atoms with Crippen molar-refractivity contribution < 1.29 is 42.1 Å². The molecular weight excluding hydrogens is 846 g/mol. The van der Waals surface area contributed by atoms with Gasteiger partial charge >= 0.3 is 11.9 Å². The van der Waals surface area contributed by atoms with Crippen LogP contribution in [0.5, 0.6) is 0 Å². The number of likely N-dealkylation sites (N-methyl/N-ethyl adjacent to an activating group) is 1. The minimum atomic E-state index is -4.63. The highest BCUT2D eigenvalue weighted by atomic mass is 31.2. The second-order valence-electron chi connectivity index (χ2n) is 21.0. The second kappa shape index (κ2) is 49.0. The van der Waals surface area contributed by atoms with Crippen LogP contribution in [-0.2, 0) is 32.7 Å². The van der Waals surface area contributed by atoms with Gasteiger partial charge in [-0.1, -0.05) is 271 Å². The van der Waals surface area contributed by atoms with Crippen molar-refractivity contribution in [2.75, 3.05) is 47.5 Å². The molecule has 0 aliphatic heterocycles. The Kier molecular flexibility index (Phi) is 48.3. The lowest BCUT2D eigenvalue weighted by atomic mass is 10.0. The predicted molar refractivity (Wildman–Crippen MR) is 278 cm³/mol. The van der Waals surface area contributed by atoms with Gasteiger partial charge < -0.3 is 27.9 Å². The summed E-state index contributed by atoms with van der Waals surface area (Å²) in [6.07, 6.45) is 54.3. The maximum absolute atomic E-state index is 12.8. The van der Waals surface area contributed by atoms with Crippen molar-refractivity contribution in [2.45, 2.75) is 302 Å². The predicted octanol–water partition coefficient (Wildman–Crippen LogP) is 16.9. The molecule has 9 nitrogen and oxygen atoms in total. The number of rotatable bonds is 54. The lowest BCUT2D eigenvalue weighted by molar-refractivity contribution is -0.870. The standard InChI is InChI=1S/C56H112NO8P/c1-6-8-10-12-14-16-18-20-22-24-26-27-28-29-31-33-35-37-39-41-43-45-47-49-56(59)65-54(53-64-66(60,61)63-51-50-57(3,4)5)52-62-55(58)48-46-44-42-40-38-36-34-32-30-25-23-21-19-17-15-13-11-9-7-2/h54H,6-53H2,1-5H3/t54-/m1/s1. The van der Waals surface area contributed by atoms with Crippen LogP contribution in [0.1, 0.15) is 296 Å². The molecule has 0 aliphatic carbocycles. The van der Waals surface area contributed by atoms with Gasteiger partial charge in [-0.15, -0.1) is 0 Å². The number of phosphoric acid groups is 1. The number of phosphoric ester groups is 1. The van der Waals surface area contributed by atoms with Gasteiger partial charge in [0.05, 0.1) is 27.7 Å². The van der Waals surface area contributed by atoms with Crippen LogP contribution in [0.25, 0.3) is 0 Å². The first-order valence-electron chi connectivity index (χ1n) is 28.7. The molecule has 0 fully saturated rings. The zero-order valence-corrected chi connectivity index (χ0v) is 45.6. The van der Waals surface area contributed by atoms with E-state index in [1.54, 1.807) is 0 Å². The molecule has 1 unspecified atom stereocenters. The summed E-state index contributed by atoms with van der Waals surface area (Å²) in [6.45, 7) is 4.31. The zero-order chi connectivity index (χ0) is 48.5. The normalized spacial score (nSPS) is 13.2. The van der Waals surface area contributed by atoms with E-state index in [9.17, 15) is 19.0 Å². The molecule has 10 heteroatoms. The van der Waals surface area contributed by atoms with Crippen LogP contribution in [0.2, 0.25) is 0 Å². The van der Waals surface area contributed by atoms with Crippen molar-refractivity contribution in [1.82, 2.24) is 0 Å². The number of hydrogen-bond donors (Lipinski definition) is 0. The molecule has 0 aromatic carbocycles. The first-order valence-corrected chi connectivity index (χ1v) is 30.2. The number of hydrogen-bond acceptors (Lipinski definition) is 8. The van der Waals surface area contributed by atoms with Gasteiger partial charge in [0, 0.05) is 12.8 Å². The Labute approximate surface area is 410 Å². The molecule has 0 N–H and O–H groups in total. The van der Waals surface area contributed by atoms with Crippen LogP contribution in [0.15, 0.2) is 0 Å². The highest BCUT2D eigenvalue weighted by molar-refractivity contribution is 7.45. The van der Waals surface area contributed by atoms with Gasteiger partial charge in [-0.25, -0.2) is 0 Å². The van der Waals surface area contributed by atoms with Gasteiger partial charge in [0.2, 0.25) is 0 Å². The SMILES string of the molecule is CCCCCCCCCCCCCCCCCCCCCCCCCC(=O)O[C@H](COC(=O)CCCCCCCCCCCCCCCCCCCCC)COP(=O)([O-])OCC[N+](C)(C)C. The summed E-state index contributed by atoms with van der Waals surface area (Å²) in [5, 5.41) is 0. The molecule has 66 heavy (non-hydrogen) atoms. The maximum Gasteiger partial charge on any atom is 0.306 e. The van der Waals surface area contributed by atoms with Gasteiger partial charge in [-0.2, -0.15) is 0 Å². The molecule has 0 saturated heterocycles. The minimum Gasteiger partial charge on any atom is -0.756 e. The van der Waals surface area contributed by atoms with E-state index >= 15 is 0 Å². The summed E-state index contributed by atoms with van der Waals surface area (Å²) < 4.78 is 34.2. The number of esters is 2. The largest absolute Gasteiger partial charge is 0.756 e. The topological polar surface area (TPSA) is 111 Å². The van der Waals surface area contributed by atoms with Crippen molar-refractivity contribution in [3.8, 4) is 0 Å². The number of carbonyl (C=O) groups excluding carboxylic acids is 2. The monoisotopic (exact) mass is 958 g/mol. The molecule has 0 aliphatic rings. The van der Waals surface area contributed by atoms with Crippen LogP contribution < -0.4 is 4.89 Å². The molecule has 0 aromatic heterocycles. The van der Waals surface area contributed by atoms with E-state index in [1.165, 1.54) is 231 Å². The maximum atomic E-state index is 12.8. The van der Waals surface area contributed by atoms with Crippen LogP contribution in [0, 0.1) is 0 Å². The van der Waals surface area contributed by atoms with Gasteiger partial charge in [0.25, 0.3) is 7.82 Å². The Hall–Kier alpha value is -0.990. The molecule has 0 bridgehead atoms. The average molecular weight is 958 g/mol. The number of unbranched alkanes of at least 4 members (excludes halogenated alkanes) is 40. The average Bonchev–Trinajstić information content (AvgIpc) is 3.27. The first kappa shape index (κ1) is 65.0.